The number of nitrogens with one attached hydrogen (secondary N) is 1. The summed E-state index contributed by atoms with van der Waals surface area (Å²) in [7, 11) is 0. The van der Waals surface area contributed by atoms with Gasteiger partial charge in [-0.25, -0.2) is 4.79 Å². The fourth-order valence-electron chi connectivity index (χ4n) is 1.59. The summed E-state index contributed by atoms with van der Waals surface area (Å²) < 4.78 is 9.87. The molecule has 110 valence electrons. The van der Waals surface area contributed by atoms with Crippen LogP contribution in [-0.2, 0) is 9.53 Å². The molecule has 0 spiro atoms. The van der Waals surface area contributed by atoms with Crippen molar-refractivity contribution in [3.05, 3.63) is 51.9 Å². The van der Waals surface area contributed by atoms with Crippen molar-refractivity contribution in [2.24, 2.45) is 0 Å². The molecule has 0 aliphatic heterocycles. The summed E-state index contributed by atoms with van der Waals surface area (Å²) in [4.78, 5) is 23.4. The van der Waals surface area contributed by atoms with Crippen molar-refractivity contribution in [1.29, 1.82) is 0 Å². The van der Waals surface area contributed by atoms with Crippen LogP contribution in [0, 0.1) is 6.92 Å². The number of aryl methyl sites for hydroxylation is 1. The number of rotatable bonds is 4. The molecular formula is C14H11Cl2NO4. The van der Waals surface area contributed by atoms with Gasteiger partial charge in [0.15, 0.2) is 6.61 Å². The van der Waals surface area contributed by atoms with Gasteiger partial charge in [-0.3, -0.25) is 4.79 Å². The zero-order chi connectivity index (χ0) is 15.4. The van der Waals surface area contributed by atoms with Gasteiger partial charge in [-0.15, -0.1) is 0 Å². The van der Waals surface area contributed by atoms with Gasteiger partial charge in [0.1, 0.15) is 11.3 Å². The fourth-order valence-corrected chi connectivity index (χ4v) is 1.92. The van der Waals surface area contributed by atoms with Gasteiger partial charge >= 0.3 is 5.97 Å². The second-order valence-corrected chi connectivity index (χ2v) is 4.98. The summed E-state index contributed by atoms with van der Waals surface area (Å²) in [5.41, 5.74) is 0.633. The number of esters is 1. The molecule has 0 aliphatic carbocycles. The highest BCUT2D eigenvalue weighted by Crippen LogP contribution is 2.25. The van der Waals surface area contributed by atoms with E-state index in [9.17, 15) is 9.59 Å². The van der Waals surface area contributed by atoms with E-state index in [1.165, 1.54) is 18.4 Å². The van der Waals surface area contributed by atoms with Crippen molar-refractivity contribution in [2.75, 3.05) is 11.9 Å². The van der Waals surface area contributed by atoms with Gasteiger partial charge in [0.2, 0.25) is 0 Å². The van der Waals surface area contributed by atoms with Crippen molar-refractivity contribution in [1.82, 2.24) is 0 Å². The minimum atomic E-state index is -0.631. The van der Waals surface area contributed by atoms with E-state index in [0.717, 1.165) is 0 Å². The number of carbonyl (C=O) groups excluding carboxylic acids is 2. The maximum atomic E-state index is 11.7. The van der Waals surface area contributed by atoms with Gasteiger partial charge in [-0.2, -0.15) is 0 Å². The zero-order valence-electron chi connectivity index (χ0n) is 11.0. The summed E-state index contributed by atoms with van der Waals surface area (Å²) in [6.45, 7) is 1.19. The number of ether oxygens (including phenoxy) is 1. The van der Waals surface area contributed by atoms with Crippen molar-refractivity contribution in [3.8, 4) is 0 Å². The van der Waals surface area contributed by atoms with E-state index in [-0.39, 0.29) is 5.56 Å². The van der Waals surface area contributed by atoms with Crippen LogP contribution in [0.25, 0.3) is 0 Å². The average Bonchev–Trinajstić information content (AvgIpc) is 2.86. The molecule has 2 rings (SSSR count). The molecule has 5 nitrogen and oxygen atoms in total. The number of amides is 1. The second-order valence-electron chi connectivity index (χ2n) is 4.14. The number of hydrogen-bond acceptors (Lipinski definition) is 4. The van der Waals surface area contributed by atoms with Crippen LogP contribution < -0.4 is 5.32 Å². The minimum absolute atomic E-state index is 0.281. The lowest BCUT2D eigenvalue weighted by molar-refractivity contribution is -0.119. The molecule has 0 unspecified atom stereocenters. The first kappa shape index (κ1) is 15.4. The summed E-state index contributed by atoms with van der Waals surface area (Å²) in [5, 5.41) is 3.28. The first-order valence-corrected chi connectivity index (χ1v) is 6.69. The average molecular weight is 328 g/mol. The van der Waals surface area contributed by atoms with E-state index in [4.69, 9.17) is 32.4 Å². The maximum absolute atomic E-state index is 11.7. The lowest BCUT2D eigenvalue weighted by atomic mass is 10.3. The number of anilines is 1. The Bertz CT molecular complexity index is 681. The number of furan rings is 1. The molecule has 7 heteroatoms. The number of halogens is 2. The van der Waals surface area contributed by atoms with Gasteiger partial charge in [0, 0.05) is 5.02 Å². The highest BCUT2D eigenvalue weighted by atomic mass is 35.5. The van der Waals surface area contributed by atoms with Crippen molar-refractivity contribution in [2.45, 2.75) is 6.92 Å². The van der Waals surface area contributed by atoms with Crippen LogP contribution >= 0.6 is 23.2 Å². The molecule has 1 N–H and O–H groups in total. The van der Waals surface area contributed by atoms with Gasteiger partial charge in [-0.1, -0.05) is 23.2 Å². The quantitative estimate of drug-likeness (QED) is 0.869. The molecule has 0 bridgehead atoms. The van der Waals surface area contributed by atoms with Gasteiger partial charge in [-0.05, 0) is 31.2 Å². The molecule has 1 aromatic carbocycles. The lowest BCUT2D eigenvalue weighted by Crippen LogP contribution is -2.21. The first-order chi connectivity index (χ1) is 9.97. The monoisotopic (exact) mass is 327 g/mol. The van der Waals surface area contributed by atoms with Crippen LogP contribution in [0.2, 0.25) is 10.0 Å². The third kappa shape index (κ3) is 4.00. The molecule has 1 aromatic heterocycles. The Balaban J connectivity index is 1.92. The Kier molecular flexibility index (Phi) is 4.88. The van der Waals surface area contributed by atoms with Gasteiger partial charge < -0.3 is 14.5 Å². The van der Waals surface area contributed by atoms with Crippen LogP contribution in [0.1, 0.15) is 16.1 Å². The van der Waals surface area contributed by atoms with Crippen molar-refractivity contribution < 1.29 is 18.7 Å². The van der Waals surface area contributed by atoms with E-state index < -0.39 is 18.5 Å². The maximum Gasteiger partial charge on any atom is 0.342 e. The predicted octanol–water partition coefficient (Wildman–Crippen LogP) is 3.69. The highest BCUT2D eigenvalue weighted by Gasteiger charge is 2.15. The molecule has 0 saturated heterocycles. The summed E-state index contributed by atoms with van der Waals surface area (Å²) in [6, 6.07) is 6.13. The Hall–Kier alpha value is -1.98. The van der Waals surface area contributed by atoms with E-state index in [0.29, 0.717) is 21.5 Å². The second kappa shape index (κ2) is 6.65. The molecular weight excluding hydrogens is 317 g/mol. The van der Waals surface area contributed by atoms with Crippen LogP contribution in [0.5, 0.6) is 0 Å². The topological polar surface area (TPSA) is 68.5 Å². The third-order valence-corrected chi connectivity index (χ3v) is 3.18. The summed E-state index contributed by atoms with van der Waals surface area (Å²) >= 11 is 11.7. The van der Waals surface area contributed by atoms with E-state index in [1.54, 1.807) is 19.1 Å². The van der Waals surface area contributed by atoms with E-state index in [1.807, 2.05) is 0 Å². The predicted molar refractivity (Wildman–Crippen MR) is 78.8 cm³/mol. The molecule has 1 amide bonds. The summed E-state index contributed by atoms with van der Waals surface area (Å²) in [5.74, 6) is -0.722. The molecule has 0 fully saturated rings. The Morgan fingerprint density at radius 2 is 2.05 bits per heavy atom. The van der Waals surface area contributed by atoms with Crippen LogP contribution in [0.3, 0.4) is 0 Å². The molecule has 0 radical (unpaired) electrons. The Labute approximate surface area is 130 Å². The molecule has 2 aromatic rings. The molecule has 0 atom stereocenters. The number of carbonyl (C=O) groups is 2. The Morgan fingerprint density at radius 3 is 2.71 bits per heavy atom. The number of hydrogen-bond donors (Lipinski definition) is 1. The molecule has 0 aliphatic rings. The van der Waals surface area contributed by atoms with Crippen molar-refractivity contribution >= 4 is 40.8 Å². The Morgan fingerprint density at radius 1 is 1.29 bits per heavy atom. The first-order valence-electron chi connectivity index (χ1n) is 5.93. The van der Waals surface area contributed by atoms with E-state index in [2.05, 4.69) is 5.32 Å². The smallest absolute Gasteiger partial charge is 0.342 e. The number of benzene rings is 1. The van der Waals surface area contributed by atoms with Gasteiger partial charge in [0.05, 0.1) is 17.0 Å². The molecule has 0 saturated carbocycles. The van der Waals surface area contributed by atoms with E-state index >= 15 is 0 Å². The SMILES string of the molecule is Cc1occc1C(=O)OCC(=O)Nc1cc(Cl)ccc1Cl. The zero-order valence-corrected chi connectivity index (χ0v) is 12.5. The molecule has 21 heavy (non-hydrogen) atoms. The van der Waals surface area contributed by atoms with Gasteiger partial charge in [0.25, 0.3) is 5.91 Å². The van der Waals surface area contributed by atoms with Crippen LogP contribution in [-0.4, -0.2) is 18.5 Å². The van der Waals surface area contributed by atoms with Crippen LogP contribution in [0.4, 0.5) is 5.69 Å². The fraction of sp³-hybridized carbons (Fsp3) is 0.143. The third-order valence-electron chi connectivity index (χ3n) is 2.62. The highest BCUT2D eigenvalue weighted by molar-refractivity contribution is 6.35. The normalized spacial score (nSPS) is 10.2. The largest absolute Gasteiger partial charge is 0.469 e. The standard InChI is InChI=1S/C14H11Cl2NO4/c1-8-10(4-5-20-8)14(19)21-7-13(18)17-12-6-9(15)2-3-11(12)16/h2-6H,7H2,1H3,(H,17,18). The molecule has 1 heterocycles. The lowest BCUT2D eigenvalue weighted by Gasteiger charge is -2.08. The minimum Gasteiger partial charge on any atom is -0.469 e. The van der Waals surface area contributed by atoms with Crippen LogP contribution in [0.15, 0.2) is 34.9 Å². The summed E-state index contributed by atoms with van der Waals surface area (Å²) in [6.07, 6.45) is 1.37. The van der Waals surface area contributed by atoms with Crippen molar-refractivity contribution in [3.63, 3.8) is 0 Å².